The predicted molar refractivity (Wildman–Crippen MR) is 58.9 cm³/mol. The van der Waals surface area contributed by atoms with E-state index < -0.39 is 0 Å². The van der Waals surface area contributed by atoms with Crippen molar-refractivity contribution in [2.24, 2.45) is 0 Å². The van der Waals surface area contributed by atoms with Gasteiger partial charge in [-0.2, -0.15) is 0 Å². The monoisotopic (exact) mass is 206 g/mol. The van der Waals surface area contributed by atoms with E-state index in [0.717, 1.165) is 31.0 Å². The molecule has 2 heterocycles. The Labute approximate surface area is 90.9 Å². The lowest BCUT2D eigenvalue weighted by atomic mass is 10.0. The Balaban J connectivity index is 2.48. The summed E-state index contributed by atoms with van der Waals surface area (Å²) in [7, 11) is 0. The summed E-state index contributed by atoms with van der Waals surface area (Å²) in [5.74, 6) is 1.35. The van der Waals surface area contributed by atoms with E-state index in [4.69, 9.17) is 4.74 Å². The fourth-order valence-corrected chi connectivity index (χ4v) is 1.90. The van der Waals surface area contributed by atoms with Crippen molar-refractivity contribution < 1.29 is 4.74 Å². The summed E-state index contributed by atoms with van der Waals surface area (Å²) in [6.45, 7) is 7.88. The Morgan fingerprint density at radius 3 is 2.80 bits per heavy atom. The van der Waals surface area contributed by atoms with Crippen LogP contribution in [0.25, 0.3) is 0 Å². The van der Waals surface area contributed by atoms with Crippen LogP contribution in [0.15, 0.2) is 0 Å². The van der Waals surface area contributed by atoms with E-state index in [1.807, 2.05) is 0 Å². The molecule has 0 saturated heterocycles. The maximum Gasteiger partial charge on any atom is 0.131 e. The van der Waals surface area contributed by atoms with E-state index in [-0.39, 0.29) is 0 Å². The molecule has 1 aromatic heterocycles. The Morgan fingerprint density at radius 2 is 2.13 bits per heavy atom. The molecule has 0 N–H and O–H groups in total. The van der Waals surface area contributed by atoms with Crippen LogP contribution in [0.5, 0.6) is 0 Å². The van der Waals surface area contributed by atoms with Crippen molar-refractivity contribution in [3.8, 4) is 0 Å². The second-order valence-corrected chi connectivity index (χ2v) is 4.26. The van der Waals surface area contributed by atoms with Crippen molar-refractivity contribution >= 4 is 0 Å². The van der Waals surface area contributed by atoms with Crippen LogP contribution in [-0.2, 0) is 24.2 Å². The molecule has 0 unspecified atom stereocenters. The molecule has 0 amide bonds. The standard InChI is InChI=1S/C12H18N2O/c1-4-10-9-5-6-15-7-11(9)14-12(13-10)8(2)3/h8H,4-7H2,1-3H3. The van der Waals surface area contributed by atoms with Gasteiger partial charge in [0.2, 0.25) is 0 Å². The number of aryl methyl sites for hydroxylation is 1. The molecule has 0 bridgehead atoms. The number of hydrogen-bond donors (Lipinski definition) is 0. The number of aromatic nitrogens is 2. The van der Waals surface area contributed by atoms with Crippen molar-refractivity contribution in [3.05, 3.63) is 22.8 Å². The van der Waals surface area contributed by atoms with Crippen LogP contribution >= 0.6 is 0 Å². The predicted octanol–water partition coefficient (Wildman–Crippen LogP) is 2.24. The Kier molecular flexibility index (Phi) is 3.00. The van der Waals surface area contributed by atoms with Gasteiger partial charge in [-0.15, -0.1) is 0 Å². The third-order valence-corrected chi connectivity index (χ3v) is 2.78. The first kappa shape index (κ1) is 10.6. The van der Waals surface area contributed by atoms with Gasteiger partial charge in [-0.3, -0.25) is 0 Å². The SMILES string of the molecule is CCc1nc(C(C)C)nc2c1CCOC2. The lowest BCUT2D eigenvalue weighted by Gasteiger charge is -2.19. The highest BCUT2D eigenvalue weighted by Gasteiger charge is 2.17. The van der Waals surface area contributed by atoms with Crippen molar-refractivity contribution in [1.82, 2.24) is 9.97 Å². The fourth-order valence-electron chi connectivity index (χ4n) is 1.90. The molecule has 0 fully saturated rings. The van der Waals surface area contributed by atoms with Crippen LogP contribution in [0.1, 0.15) is 49.5 Å². The maximum absolute atomic E-state index is 5.44. The minimum Gasteiger partial charge on any atom is -0.375 e. The molecule has 0 radical (unpaired) electrons. The van der Waals surface area contributed by atoms with Gasteiger partial charge >= 0.3 is 0 Å². The first-order chi connectivity index (χ1) is 7.22. The molecule has 82 valence electrons. The zero-order valence-electron chi connectivity index (χ0n) is 9.71. The van der Waals surface area contributed by atoms with Crippen LogP contribution in [0.3, 0.4) is 0 Å². The molecule has 0 saturated carbocycles. The molecule has 0 spiro atoms. The van der Waals surface area contributed by atoms with E-state index in [0.29, 0.717) is 12.5 Å². The van der Waals surface area contributed by atoms with Gasteiger partial charge in [0.05, 0.1) is 18.9 Å². The Bertz CT molecular complexity index is 344. The Morgan fingerprint density at radius 1 is 1.33 bits per heavy atom. The molecule has 15 heavy (non-hydrogen) atoms. The van der Waals surface area contributed by atoms with Gasteiger partial charge in [-0.1, -0.05) is 20.8 Å². The summed E-state index contributed by atoms with van der Waals surface area (Å²) in [5, 5.41) is 0. The molecule has 0 atom stereocenters. The average molecular weight is 206 g/mol. The van der Waals surface area contributed by atoms with Crippen molar-refractivity contribution in [1.29, 1.82) is 0 Å². The van der Waals surface area contributed by atoms with Crippen LogP contribution in [0.2, 0.25) is 0 Å². The van der Waals surface area contributed by atoms with E-state index in [1.165, 1.54) is 11.3 Å². The molecule has 2 rings (SSSR count). The third kappa shape index (κ3) is 2.02. The molecular formula is C12H18N2O. The summed E-state index contributed by atoms with van der Waals surface area (Å²) >= 11 is 0. The molecule has 0 aromatic carbocycles. The summed E-state index contributed by atoms with van der Waals surface area (Å²) in [6, 6.07) is 0. The van der Waals surface area contributed by atoms with Gasteiger partial charge < -0.3 is 4.74 Å². The highest BCUT2D eigenvalue weighted by Crippen LogP contribution is 2.21. The van der Waals surface area contributed by atoms with E-state index >= 15 is 0 Å². The van der Waals surface area contributed by atoms with Gasteiger partial charge in [-0.25, -0.2) is 9.97 Å². The number of hydrogen-bond acceptors (Lipinski definition) is 3. The van der Waals surface area contributed by atoms with Gasteiger partial charge in [-0.05, 0) is 18.4 Å². The summed E-state index contributed by atoms with van der Waals surface area (Å²) in [4.78, 5) is 9.22. The summed E-state index contributed by atoms with van der Waals surface area (Å²) < 4.78 is 5.44. The lowest BCUT2D eigenvalue weighted by Crippen LogP contribution is -2.17. The highest BCUT2D eigenvalue weighted by atomic mass is 16.5. The maximum atomic E-state index is 5.44. The zero-order valence-corrected chi connectivity index (χ0v) is 9.71. The van der Waals surface area contributed by atoms with E-state index in [1.54, 1.807) is 0 Å². The van der Waals surface area contributed by atoms with Crippen molar-refractivity contribution in [2.75, 3.05) is 6.61 Å². The number of nitrogens with zero attached hydrogens (tertiary/aromatic N) is 2. The third-order valence-electron chi connectivity index (χ3n) is 2.78. The Hall–Kier alpha value is -0.960. The van der Waals surface area contributed by atoms with Crippen molar-refractivity contribution in [3.63, 3.8) is 0 Å². The molecule has 1 aliphatic heterocycles. The van der Waals surface area contributed by atoms with E-state index in [9.17, 15) is 0 Å². The van der Waals surface area contributed by atoms with Crippen LogP contribution < -0.4 is 0 Å². The quantitative estimate of drug-likeness (QED) is 0.744. The molecule has 1 aliphatic rings. The topological polar surface area (TPSA) is 35.0 Å². The van der Waals surface area contributed by atoms with Crippen molar-refractivity contribution in [2.45, 2.75) is 46.1 Å². The number of ether oxygens (including phenoxy) is 1. The summed E-state index contributed by atoms with van der Waals surface area (Å²) in [6.07, 6.45) is 1.96. The van der Waals surface area contributed by atoms with E-state index in [2.05, 4.69) is 30.7 Å². The molecule has 0 aliphatic carbocycles. The number of fused-ring (bicyclic) bond motifs is 1. The molecular weight excluding hydrogens is 188 g/mol. The first-order valence-corrected chi connectivity index (χ1v) is 5.68. The first-order valence-electron chi connectivity index (χ1n) is 5.68. The average Bonchev–Trinajstić information content (AvgIpc) is 2.27. The highest BCUT2D eigenvalue weighted by molar-refractivity contribution is 5.28. The molecule has 3 heteroatoms. The van der Waals surface area contributed by atoms with Gasteiger partial charge in [0.15, 0.2) is 0 Å². The van der Waals surface area contributed by atoms with Gasteiger partial charge in [0.25, 0.3) is 0 Å². The lowest BCUT2D eigenvalue weighted by molar-refractivity contribution is 0.106. The summed E-state index contributed by atoms with van der Waals surface area (Å²) in [5.41, 5.74) is 3.65. The second-order valence-electron chi connectivity index (χ2n) is 4.26. The normalized spacial score (nSPS) is 15.5. The van der Waals surface area contributed by atoms with Gasteiger partial charge in [0, 0.05) is 11.6 Å². The minimum absolute atomic E-state index is 0.391. The van der Waals surface area contributed by atoms with Crippen LogP contribution in [0, 0.1) is 0 Å². The van der Waals surface area contributed by atoms with Crippen LogP contribution in [0.4, 0.5) is 0 Å². The van der Waals surface area contributed by atoms with Gasteiger partial charge in [0.1, 0.15) is 5.82 Å². The molecule has 1 aromatic rings. The molecule has 3 nitrogen and oxygen atoms in total. The minimum atomic E-state index is 0.391. The number of rotatable bonds is 2. The second kappa shape index (κ2) is 4.27. The fraction of sp³-hybridized carbons (Fsp3) is 0.667. The van der Waals surface area contributed by atoms with Crippen LogP contribution in [-0.4, -0.2) is 16.6 Å². The zero-order chi connectivity index (χ0) is 10.8. The smallest absolute Gasteiger partial charge is 0.131 e. The largest absolute Gasteiger partial charge is 0.375 e.